The molecule has 0 spiro atoms. The van der Waals surface area contributed by atoms with Crippen molar-refractivity contribution in [2.45, 2.75) is 20.0 Å². The third-order valence-electron chi connectivity index (χ3n) is 3.72. The number of urea groups is 1. The first-order chi connectivity index (χ1) is 12.4. The number of carbonyl (C=O) groups is 1. The highest BCUT2D eigenvalue weighted by Crippen LogP contribution is 2.34. The van der Waals surface area contributed by atoms with Crippen LogP contribution in [0.25, 0.3) is 16.6 Å². The van der Waals surface area contributed by atoms with Gasteiger partial charge in [-0.2, -0.15) is 0 Å². The van der Waals surface area contributed by atoms with Crippen LogP contribution in [0.15, 0.2) is 42.5 Å². The van der Waals surface area contributed by atoms with Gasteiger partial charge in [-0.25, -0.2) is 13.9 Å². The third-order valence-corrected chi connectivity index (χ3v) is 3.72. The van der Waals surface area contributed by atoms with E-state index in [2.05, 4.69) is 10.4 Å². The SMILES string of the molecule is CC(C)Oc1cccc2c1c(NC(=O)N(C)C)nn2-c1cccc(F)c1. The van der Waals surface area contributed by atoms with Crippen molar-refractivity contribution in [3.8, 4) is 11.4 Å². The molecule has 3 rings (SSSR count). The molecule has 6 nitrogen and oxygen atoms in total. The Kier molecular flexibility index (Phi) is 4.79. The lowest BCUT2D eigenvalue weighted by Gasteiger charge is -2.13. The Hall–Kier alpha value is -3.09. The molecule has 0 saturated carbocycles. The minimum atomic E-state index is -0.361. The Bertz CT molecular complexity index is 950. The average Bonchev–Trinajstić information content (AvgIpc) is 2.94. The van der Waals surface area contributed by atoms with E-state index >= 15 is 0 Å². The van der Waals surface area contributed by atoms with Gasteiger partial charge in [-0.1, -0.05) is 12.1 Å². The number of hydrogen-bond acceptors (Lipinski definition) is 3. The Labute approximate surface area is 151 Å². The van der Waals surface area contributed by atoms with Crippen LogP contribution in [-0.2, 0) is 0 Å². The quantitative estimate of drug-likeness (QED) is 0.767. The molecular weight excluding hydrogens is 335 g/mol. The largest absolute Gasteiger partial charge is 0.490 e. The van der Waals surface area contributed by atoms with Crippen molar-refractivity contribution in [2.75, 3.05) is 19.4 Å². The van der Waals surface area contributed by atoms with Crippen LogP contribution in [0.3, 0.4) is 0 Å². The van der Waals surface area contributed by atoms with E-state index in [0.29, 0.717) is 28.2 Å². The van der Waals surface area contributed by atoms with Gasteiger partial charge in [-0.15, -0.1) is 5.10 Å². The van der Waals surface area contributed by atoms with Crippen LogP contribution in [0.5, 0.6) is 5.75 Å². The number of benzene rings is 2. The van der Waals surface area contributed by atoms with E-state index in [-0.39, 0.29) is 18.0 Å². The van der Waals surface area contributed by atoms with Gasteiger partial charge in [0, 0.05) is 14.1 Å². The zero-order chi connectivity index (χ0) is 18.8. The Balaban J connectivity index is 2.22. The van der Waals surface area contributed by atoms with Crippen molar-refractivity contribution in [1.29, 1.82) is 0 Å². The predicted molar refractivity (Wildman–Crippen MR) is 99.5 cm³/mol. The molecule has 7 heteroatoms. The average molecular weight is 356 g/mol. The first kappa shape index (κ1) is 17.7. The van der Waals surface area contributed by atoms with Gasteiger partial charge in [-0.05, 0) is 44.2 Å². The smallest absolute Gasteiger partial charge is 0.322 e. The molecular formula is C19H21FN4O2. The van der Waals surface area contributed by atoms with E-state index in [1.54, 1.807) is 30.9 Å². The van der Waals surface area contributed by atoms with E-state index in [9.17, 15) is 9.18 Å². The van der Waals surface area contributed by atoms with Gasteiger partial charge in [0.25, 0.3) is 0 Å². The lowest BCUT2D eigenvalue weighted by atomic mass is 10.2. The van der Waals surface area contributed by atoms with Crippen LogP contribution in [0.4, 0.5) is 15.0 Å². The van der Waals surface area contributed by atoms with Gasteiger partial charge >= 0.3 is 6.03 Å². The topological polar surface area (TPSA) is 59.4 Å². The van der Waals surface area contributed by atoms with E-state index in [1.165, 1.54) is 17.0 Å². The molecule has 0 bridgehead atoms. The van der Waals surface area contributed by atoms with E-state index in [0.717, 1.165) is 0 Å². The van der Waals surface area contributed by atoms with Crippen LogP contribution in [0.1, 0.15) is 13.8 Å². The highest BCUT2D eigenvalue weighted by atomic mass is 19.1. The summed E-state index contributed by atoms with van der Waals surface area (Å²) in [6, 6.07) is 11.3. The van der Waals surface area contributed by atoms with Gasteiger partial charge in [-0.3, -0.25) is 5.32 Å². The second-order valence-electron chi connectivity index (χ2n) is 6.38. The summed E-state index contributed by atoms with van der Waals surface area (Å²) in [5.41, 5.74) is 1.27. The van der Waals surface area contributed by atoms with Gasteiger partial charge in [0.05, 0.1) is 22.7 Å². The monoisotopic (exact) mass is 356 g/mol. The van der Waals surface area contributed by atoms with Crippen molar-refractivity contribution >= 4 is 22.8 Å². The minimum Gasteiger partial charge on any atom is -0.490 e. The molecule has 0 saturated heterocycles. The highest BCUT2D eigenvalue weighted by molar-refractivity contribution is 6.02. The van der Waals surface area contributed by atoms with Crippen LogP contribution in [0.2, 0.25) is 0 Å². The van der Waals surface area contributed by atoms with Gasteiger partial charge < -0.3 is 9.64 Å². The first-order valence-corrected chi connectivity index (χ1v) is 8.29. The van der Waals surface area contributed by atoms with Gasteiger partial charge in [0.1, 0.15) is 11.6 Å². The van der Waals surface area contributed by atoms with E-state index in [4.69, 9.17) is 4.74 Å². The standard InChI is InChI=1S/C19H21FN4O2/c1-12(2)26-16-10-6-9-15-17(16)18(21-19(25)23(3)4)22-24(15)14-8-5-7-13(20)11-14/h5-12H,1-4H3,(H,21,22,25). The summed E-state index contributed by atoms with van der Waals surface area (Å²) in [5, 5.41) is 7.95. The molecule has 0 radical (unpaired) electrons. The Morgan fingerprint density at radius 3 is 2.62 bits per heavy atom. The number of halogens is 1. The van der Waals surface area contributed by atoms with Crippen molar-refractivity contribution in [2.24, 2.45) is 0 Å². The number of anilines is 1. The molecule has 26 heavy (non-hydrogen) atoms. The fraction of sp³-hybridized carbons (Fsp3) is 0.263. The lowest BCUT2D eigenvalue weighted by molar-refractivity contribution is 0.230. The fourth-order valence-corrected chi connectivity index (χ4v) is 2.60. The predicted octanol–water partition coefficient (Wildman–Crippen LogP) is 4.05. The maximum atomic E-state index is 13.7. The van der Waals surface area contributed by atoms with E-state index in [1.807, 2.05) is 32.0 Å². The zero-order valence-corrected chi connectivity index (χ0v) is 15.2. The molecule has 0 fully saturated rings. The number of aromatic nitrogens is 2. The number of hydrogen-bond donors (Lipinski definition) is 1. The molecule has 0 aliphatic heterocycles. The number of rotatable bonds is 4. The second kappa shape index (κ2) is 7.03. The lowest BCUT2D eigenvalue weighted by Crippen LogP contribution is -2.27. The van der Waals surface area contributed by atoms with Gasteiger partial charge in [0.2, 0.25) is 0 Å². The van der Waals surface area contributed by atoms with Gasteiger partial charge in [0.15, 0.2) is 5.82 Å². The molecule has 1 aromatic heterocycles. The summed E-state index contributed by atoms with van der Waals surface area (Å²) in [6.07, 6.45) is -0.0458. The molecule has 2 amide bonds. The summed E-state index contributed by atoms with van der Waals surface area (Å²) >= 11 is 0. The Morgan fingerprint density at radius 2 is 1.96 bits per heavy atom. The van der Waals surface area contributed by atoms with E-state index < -0.39 is 0 Å². The van der Waals surface area contributed by atoms with Crippen LogP contribution in [-0.4, -0.2) is 40.9 Å². The van der Waals surface area contributed by atoms with Crippen molar-refractivity contribution < 1.29 is 13.9 Å². The molecule has 0 unspecified atom stereocenters. The molecule has 1 N–H and O–H groups in total. The Morgan fingerprint density at radius 1 is 1.23 bits per heavy atom. The summed E-state index contributed by atoms with van der Waals surface area (Å²) in [7, 11) is 3.29. The van der Waals surface area contributed by atoms with Crippen LogP contribution in [0, 0.1) is 5.82 Å². The summed E-state index contributed by atoms with van der Waals surface area (Å²) in [4.78, 5) is 13.6. The molecule has 0 atom stereocenters. The van der Waals surface area contributed by atoms with Crippen LogP contribution >= 0.6 is 0 Å². The molecule has 3 aromatic rings. The molecule has 1 heterocycles. The van der Waals surface area contributed by atoms with Crippen LogP contribution < -0.4 is 10.1 Å². The number of ether oxygens (including phenoxy) is 1. The molecule has 0 aliphatic rings. The molecule has 0 aliphatic carbocycles. The fourth-order valence-electron chi connectivity index (χ4n) is 2.60. The first-order valence-electron chi connectivity index (χ1n) is 8.29. The zero-order valence-electron chi connectivity index (χ0n) is 15.2. The summed E-state index contributed by atoms with van der Waals surface area (Å²) < 4.78 is 21.2. The van der Waals surface area contributed by atoms with Crippen molar-refractivity contribution in [3.05, 3.63) is 48.3 Å². The maximum absolute atomic E-state index is 13.7. The minimum absolute atomic E-state index is 0.0458. The second-order valence-corrected chi connectivity index (χ2v) is 6.38. The number of carbonyl (C=O) groups excluding carboxylic acids is 1. The number of nitrogens with one attached hydrogen (secondary N) is 1. The van der Waals surface area contributed by atoms with Crippen molar-refractivity contribution in [3.63, 3.8) is 0 Å². The molecule has 2 aromatic carbocycles. The highest BCUT2D eigenvalue weighted by Gasteiger charge is 2.19. The normalized spacial score (nSPS) is 11.0. The number of fused-ring (bicyclic) bond motifs is 1. The summed E-state index contributed by atoms with van der Waals surface area (Å²) in [5.74, 6) is 0.605. The van der Waals surface area contributed by atoms with Crippen molar-refractivity contribution in [1.82, 2.24) is 14.7 Å². The number of nitrogens with zero attached hydrogens (tertiary/aromatic N) is 3. The maximum Gasteiger partial charge on any atom is 0.322 e. The molecule has 136 valence electrons. The number of amides is 2. The third kappa shape index (κ3) is 3.46. The summed E-state index contributed by atoms with van der Waals surface area (Å²) in [6.45, 7) is 3.85.